The highest BCUT2D eigenvalue weighted by Crippen LogP contribution is 2.38. The molecule has 1 saturated heterocycles. The van der Waals surface area contributed by atoms with E-state index in [1.165, 1.54) is 0 Å². The van der Waals surface area contributed by atoms with Gasteiger partial charge in [0, 0.05) is 19.5 Å². The summed E-state index contributed by atoms with van der Waals surface area (Å²) in [5, 5.41) is 0. The molecule has 1 aliphatic heterocycles. The summed E-state index contributed by atoms with van der Waals surface area (Å²) >= 11 is 0. The Hall–Kier alpha value is -1.10. The van der Waals surface area contributed by atoms with Gasteiger partial charge in [-0.15, -0.1) is 0 Å². The lowest BCUT2D eigenvalue weighted by atomic mass is 9.72. The quantitative estimate of drug-likeness (QED) is 0.721. The van der Waals surface area contributed by atoms with Gasteiger partial charge in [-0.25, -0.2) is 0 Å². The molecule has 0 aromatic heterocycles. The zero-order valence-electron chi connectivity index (χ0n) is 13.0. The average molecular weight is 284 g/mol. The van der Waals surface area contributed by atoms with E-state index in [4.69, 9.17) is 10.5 Å². The molecule has 0 spiro atoms. The molecule has 0 aromatic carbocycles. The summed E-state index contributed by atoms with van der Waals surface area (Å²) in [6.07, 6.45) is 2.74. The number of nitrogens with zero attached hydrogens (tertiary/aromatic N) is 1. The molecule has 5 nitrogen and oxygen atoms in total. The van der Waals surface area contributed by atoms with Crippen LogP contribution in [0.15, 0.2) is 0 Å². The maximum atomic E-state index is 12.0. The number of carbonyl (C=O) groups is 2. The first kappa shape index (κ1) is 17.0. The van der Waals surface area contributed by atoms with Crippen molar-refractivity contribution in [3.05, 3.63) is 0 Å². The maximum absolute atomic E-state index is 12.0. The highest BCUT2D eigenvalue weighted by molar-refractivity contribution is 5.76. The molecule has 116 valence electrons. The van der Waals surface area contributed by atoms with Gasteiger partial charge in [0.1, 0.15) is 0 Å². The van der Waals surface area contributed by atoms with Gasteiger partial charge in [0.15, 0.2) is 0 Å². The number of hydrogen-bond acceptors (Lipinski definition) is 3. The summed E-state index contributed by atoms with van der Waals surface area (Å²) < 4.78 is 5.24. The van der Waals surface area contributed by atoms with Crippen molar-refractivity contribution in [1.82, 2.24) is 4.90 Å². The van der Waals surface area contributed by atoms with Crippen LogP contribution in [0.25, 0.3) is 0 Å². The van der Waals surface area contributed by atoms with Crippen LogP contribution < -0.4 is 5.73 Å². The Labute approximate surface area is 121 Å². The van der Waals surface area contributed by atoms with Gasteiger partial charge in [0.25, 0.3) is 0 Å². The predicted molar refractivity (Wildman–Crippen MR) is 78.0 cm³/mol. The lowest BCUT2D eigenvalue weighted by Crippen LogP contribution is -2.44. The van der Waals surface area contributed by atoms with Crippen LogP contribution in [0.5, 0.6) is 0 Å². The molecular formula is C15H28N2O3. The largest absolute Gasteiger partial charge is 0.380 e. The molecular weight excluding hydrogens is 256 g/mol. The Bertz CT molecular complexity index is 334. The molecule has 1 heterocycles. The van der Waals surface area contributed by atoms with E-state index in [-0.39, 0.29) is 18.2 Å². The van der Waals surface area contributed by atoms with Gasteiger partial charge >= 0.3 is 0 Å². The fourth-order valence-electron chi connectivity index (χ4n) is 2.44. The van der Waals surface area contributed by atoms with E-state index in [2.05, 4.69) is 20.8 Å². The summed E-state index contributed by atoms with van der Waals surface area (Å²) in [6, 6.07) is 0. The van der Waals surface area contributed by atoms with E-state index in [1.807, 2.05) is 4.90 Å². The van der Waals surface area contributed by atoms with Crippen molar-refractivity contribution in [3.63, 3.8) is 0 Å². The van der Waals surface area contributed by atoms with Crippen LogP contribution in [0.1, 0.15) is 46.5 Å². The molecule has 20 heavy (non-hydrogen) atoms. The zero-order chi connectivity index (χ0) is 15.2. The monoisotopic (exact) mass is 284 g/mol. The molecule has 0 radical (unpaired) electrons. The molecule has 5 heteroatoms. The number of rotatable bonds is 7. The second-order valence-electron chi connectivity index (χ2n) is 6.27. The summed E-state index contributed by atoms with van der Waals surface area (Å²) in [7, 11) is 0. The van der Waals surface area contributed by atoms with Crippen molar-refractivity contribution in [1.29, 1.82) is 0 Å². The van der Waals surface area contributed by atoms with E-state index < -0.39 is 0 Å². The first-order valence-electron chi connectivity index (χ1n) is 7.49. The van der Waals surface area contributed by atoms with E-state index in [0.717, 1.165) is 25.9 Å². The lowest BCUT2D eigenvalue weighted by molar-refractivity contribution is -0.135. The zero-order valence-corrected chi connectivity index (χ0v) is 13.0. The molecule has 0 bridgehead atoms. The standard InChI is InChI=1S/C15H28N2O3/c1-12(2)15(3)6-8-17(9-7-15)14(19)5-11-20-10-4-13(16)18/h12H,4-11H2,1-3H3,(H2,16,18). The molecule has 2 N–H and O–H groups in total. The van der Waals surface area contributed by atoms with Crippen molar-refractivity contribution >= 4 is 11.8 Å². The minimum Gasteiger partial charge on any atom is -0.380 e. The minimum atomic E-state index is -0.375. The third-order valence-corrected chi connectivity index (χ3v) is 4.61. The smallest absolute Gasteiger partial charge is 0.224 e. The number of nitrogens with two attached hydrogens (primary N) is 1. The third-order valence-electron chi connectivity index (χ3n) is 4.61. The van der Waals surface area contributed by atoms with Crippen LogP contribution in [-0.2, 0) is 14.3 Å². The Morgan fingerprint density at radius 2 is 1.75 bits per heavy atom. The minimum absolute atomic E-state index is 0.148. The van der Waals surface area contributed by atoms with E-state index in [0.29, 0.717) is 31.0 Å². The van der Waals surface area contributed by atoms with Crippen molar-refractivity contribution < 1.29 is 14.3 Å². The topological polar surface area (TPSA) is 72.6 Å². The molecule has 0 atom stereocenters. The number of primary amides is 1. The SMILES string of the molecule is CC(C)C1(C)CCN(C(=O)CCOCCC(N)=O)CC1. The summed E-state index contributed by atoms with van der Waals surface area (Å²) in [6.45, 7) is 9.17. The lowest BCUT2D eigenvalue weighted by Gasteiger charge is -2.42. The highest BCUT2D eigenvalue weighted by atomic mass is 16.5. The van der Waals surface area contributed by atoms with Crippen molar-refractivity contribution in [2.24, 2.45) is 17.1 Å². The Balaban J connectivity index is 2.21. The first-order chi connectivity index (χ1) is 9.35. The fraction of sp³-hybridized carbons (Fsp3) is 0.867. The highest BCUT2D eigenvalue weighted by Gasteiger charge is 2.33. The molecule has 2 amide bonds. The molecule has 0 saturated carbocycles. The average Bonchev–Trinajstić information content (AvgIpc) is 2.38. The molecule has 0 aromatic rings. The van der Waals surface area contributed by atoms with Crippen molar-refractivity contribution in [3.8, 4) is 0 Å². The Morgan fingerprint density at radius 3 is 2.25 bits per heavy atom. The fourth-order valence-corrected chi connectivity index (χ4v) is 2.44. The molecule has 1 fully saturated rings. The van der Waals surface area contributed by atoms with Crippen LogP contribution in [0.4, 0.5) is 0 Å². The maximum Gasteiger partial charge on any atom is 0.224 e. The van der Waals surface area contributed by atoms with Crippen LogP contribution in [0, 0.1) is 11.3 Å². The van der Waals surface area contributed by atoms with Gasteiger partial charge in [-0.1, -0.05) is 20.8 Å². The van der Waals surface area contributed by atoms with Crippen LogP contribution >= 0.6 is 0 Å². The van der Waals surface area contributed by atoms with Crippen LogP contribution in [-0.4, -0.2) is 43.0 Å². The summed E-state index contributed by atoms with van der Waals surface area (Å²) in [5.41, 5.74) is 5.36. The molecule has 0 unspecified atom stereocenters. The van der Waals surface area contributed by atoms with Gasteiger partial charge in [0.2, 0.25) is 11.8 Å². The van der Waals surface area contributed by atoms with E-state index >= 15 is 0 Å². The number of hydrogen-bond donors (Lipinski definition) is 1. The second-order valence-corrected chi connectivity index (χ2v) is 6.27. The Kier molecular flexibility index (Phi) is 6.46. The van der Waals surface area contributed by atoms with Gasteiger partial charge < -0.3 is 15.4 Å². The summed E-state index contributed by atoms with van der Waals surface area (Å²) in [5.74, 6) is 0.423. The van der Waals surface area contributed by atoms with Crippen molar-refractivity contribution in [2.75, 3.05) is 26.3 Å². The predicted octanol–water partition coefficient (Wildman–Crippen LogP) is 1.55. The van der Waals surface area contributed by atoms with Gasteiger partial charge in [-0.05, 0) is 24.2 Å². The molecule has 1 rings (SSSR count). The number of likely N-dealkylation sites (tertiary alicyclic amines) is 1. The Morgan fingerprint density at radius 1 is 1.20 bits per heavy atom. The summed E-state index contributed by atoms with van der Waals surface area (Å²) in [4.78, 5) is 24.5. The normalized spacial score (nSPS) is 18.3. The third kappa shape index (κ3) is 5.12. The van der Waals surface area contributed by atoms with E-state index in [9.17, 15) is 9.59 Å². The number of piperidine rings is 1. The van der Waals surface area contributed by atoms with Crippen LogP contribution in [0.3, 0.4) is 0 Å². The number of carbonyl (C=O) groups excluding carboxylic acids is 2. The molecule has 1 aliphatic rings. The van der Waals surface area contributed by atoms with Crippen molar-refractivity contribution in [2.45, 2.75) is 46.5 Å². The van der Waals surface area contributed by atoms with E-state index in [1.54, 1.807) is 0 Å². The molecule has 0 aliphatic carbocycles. The van der Waals surface area contributed by atoms with Crippen LogP contribution in [0.2, 0.25) is 0 Å². The van der Waals surface area contributed by atoms with Gasteiger partial charge in [-0.2, -0.15) is 0 Å². The first-order valence-corrected chi connectivity index (χ1v) is 7.49. The number of amides is 2. The van der Waals surface area contributed by atoms with Gasteiger partial charge in [0.05, 0.1) is 19.6 Å². The van der Waals surface area contributed by atoms with Gasteiger partial charge in [-0.3, -0.25) is 9.59 Å². The second kappa shape index (κ2) is 7.62. The number of ether oxygens (including phenoxy) is 1.